The second kappa shape index (κ2) is 5.76. The van der Waals surface area contributed by atoms with Crippen molar-refractivity contribution >= 4 is 32.9 Å². The van der Waals surface area contributed by atoms with Crippen molar-refractivity contribution in [3.05, 3.63) is 41.8 Å². The number of para-hydroxylation sites is 1. The summed E-state index contributed by atoms with van der Waals surface area (Å²) >= 11 is 5.71. The Morgan fingerprint density at radius 2 is 1.90 bits per heavy atom. The fourth-order valence-electron chi connectivity index (χ4n) is 1.61. The number of halogens is 1. The van der Waals surface area contributed by atoms with E-state index in [0.717, 1.165) is 0 Å². The summed E-state index contributed by atoms with van der Waals surface area (Å²) in [6.07, 6.45) is 1.50. The second-order valence-corrected chi connectivity index (χ2v) is 7.24. The lowest BCUT2D eigenvalue weighted by molar-refractivity contribution is 0.588. The first-order chi connectivity index (χ1) is 9.41. The molecule has 1 N–H and O–H groups in total. The summed E-state index contributed by atoms with van der Waals surface area (Å²) in [7, 11) is -3.38. The molecule has 0 saturated carbocycles. The van der Waals surface area contributed by atoms with E-state index in [-0.39, 0.29) is 10.2 Å². The molecule has 0 fully saturated rings. The van der Waals surface area contributed by atoms with Gasteiger partial charge in [0, 0.05) is 6.20 Å². The van der Waals surface area contributed by atoms with Crippen molar-refractivity contribution in [3.8, 4) is 0 Å². The number of nitrogens with one attached hydrogen (secondary N) is 1. The number of sulfone groups is 1. The first-order valence-corrected chi connectivity index (χ1v) is 7.92. The van der Waals surface area contributed by atoms with Crippen molar-refractivity contribution in [2.45, 2.75) is 24.0 Å². The fraction of sp³-hybridized carbons (Fsp3) is 0.231. The van der Waals surface area contributed by atoms with Crippen LogP contribution in [0.2, 0.25) is 5.28 Å². The fourth-order valence-corrected chi connectivity index (χ4v) is 2.96. The van der Waals surface area contributed by atoms with Crippen LogP contribution < -0.4 is 5.32 Å². The maximum atomic E-state index is 12.3. The van der Waals surface area contributed by atoms with Gasteiger partial charge in [-0.05, 0) is 43.6 Å². The van der Waals surface area contributed by atoms with Crippen molar-refractivity contribution in [2.75, 3.05) is 5.32 Å². The monoisotopic (exact) mass is 311 g/mol. The van der Waals surface area contributed by atoms with E-state index in [1.807, 2.05) is 0 Å². The van der Waals surface area contributed by atoms with Crippen LogP contribution in [0.1, 0.15) is 13.8 Å². The largest absolute Gasteiger partial charge is 0.339 e. The van der Waals surface area contributed by atoms with E-state index in [9.17, 15) is 8.42 Å². The number of hydrogen-bond donors (Lipinski definition) is 1. The Balaban J connectivity index is 2.44. The van der Waals surface area contributed by atoms with Gasteiger partial charge in [0.2, 0.25) is 5.28 Å². The highest BCUT2D eigenvalue weighted by atomic mass is 35.5. The van der Waals surface area contributed by atoms with E-state index in [4.69, 9.17) is 11.6 Å². The summed E-state index contributed by atoms with van der Waals surface area (Å²) < 4.78 is 24.6. The van der Waals surface area contributed by atoms with Crippen molar-refractivity contribution in [2.24, 2.45) is 0 Å². The van der Waals surface area contributed by atoms with Crippen LogP contribution in [-0.4, -0.2) is 23.6 Å². The molecule has 0 aliphatic carbocycles. The summed E-state index contributed by atoms with van der Waals surface area (Å²) in [6.45, 7) is 3.29. The molecule has 0 aliphatic heterocycles. The summed E-state index contributed by atoms with van der Waals surface area (Å²) in [4.78, 5) is 8.00. The van der Waals surface area contributed by atoms with Gasteiger partial charge < -0.3 is 5.32 Å². The lowest BCUT2D eigenvalue weighted by atomic mass is 10.3. The smallest absolute Gasteiger partial charge is 0.224 e. The zero-order chi connectivity index (χ0) is 14.8. The number of anilines is 2. The van der Waals surface area contributed by atoms with Gasteiger partial charge in [0.05, 0.1) is 15.8 Å². The highest BCUT2D eigenvalue weighted by Crippen LogP contribution is 2.27. The minimum Gasteiger partial charge on any atom is -0.339 e. The zero-order valence-corrected chi connectivity index (χ0v) is 12.6. The maximum absolute atomic E-state index is 12.3. The van der Waals surface area contributed by atoms with E-state index in [0.29, 0.717) is 11.5 Å². The minimum atomic E-state index is -3.38. The lowest BCUT2D eigenvalue weighted by Gasteiger charge is -2.13. The molecule has 0 saturated heterocycles. The predicted molar refractivity (Wildman–Crippen MR) is 79.1 cm³/mol. The average Bonchev–Trinajstić information content (AvgIpc) is 2.39. The number of aromatic nitrogens is 2. The van der Waals surface area contributed by atoms with Gasteiger partial charge >= 0.3 is 0 Å². The second-order valence-electron chi connectivity index (χ2n) is 4.43. The van der Waals surface area contributed by atoms with Crippen molar-refractivity contribution in [3.63, 3.8) is 0 Å². The number of rotatable bonds is 4. The van der Waals surface area contributed by atoms with Crippen LogP contribution in [-0.2, 0) is 9.84 Å². The van der Waals surface area contributed by atoms with Gasteiger partial charge in [-0.2, -0.15) is 0 Å². The van der Waals surface area contributed by atoms with E-state index < -0.39 is 15.1 Å². The number of benzene rings is 1. The molecule has 106 valence electrons. The molecule has 0 radical (unpaired) electrons. The normalized spacial score (nSPS) is 11.6. The van der Waals surface area contributed by atoms with Crippen LogP contribution in [0.5, 0.6) is 0 Å². The quantitative estimate of drug-likeness (QED) is 0.879. The van der Waals surface area contributed by atoms with Crippen LogP contribution in [0.3, 0.4) is 0 Å². The molecule has 1 aromatic carbocycles. The number of hydrogen-bond acceptors (Lipinski definition) is 5. The van der Waals surface area contributed by atoms with Gasteiger partial charge in [-0.1, -0.05) is 12.1 Å². The minimum absolute atomic E-state index is 0.0965. The van der Waals surface area contributed by atoms with Crippen molar-refractivity contribution in [1.29, 1.82) is 0 Å². The Labute approximate surface area is 123 Å². The first kappa shape index (κ1) is 14.7. The molecule has 1 aromatic heterocycles. The molecule has 2 rings (SSSR count). The molecule has 0 unspecified atom stereocenters. The molecule has 7 heteroatoms. The topological polar surface area (TPSA) is 72.0 Å². The predicted octanol–water partition coefficient (Wildman–Crippen LogP) is 3.06. The van der Waals surface area contributed by atoms with Crippen LogP contribution in [0.4, 0.5) is 11.5 Å². The lowest BCUT2D eigenvalue weighted by Crippen LogP contribution is -2.15. The van der Waals surface area contributed by atoms with E-state index in [1.165, 1.54) is 6.20 Å². The molecule has 0 aliphatic rings. The Bertz CT molecular complexity index is 717. The van der Waals surface area contributed by atoms with Crippen molar-refractivity contribution < 1.29 is 8.42 Å². The Morgan fingerprint density at radius 3 is 2.55 bits per heavy atom. The molecule has 0 amide bonds. The summed E-state index contributed by atoms with van der Waals surface area (Å²) in [6, 6.07) is 8.31. The maximum Gasteiger partial charge on any atom is 0.224 e. The van der Waals surface area contributed by atoms with Crippen LogP contribution in [0.15, 0.2) is 41.4 Å². The van der Waals surface area contributed by atoms with Gasteiger partial charge in [0.25, 0.3) is 0 Å². The van der Waals surface area contributed by atoms with Gasteiger partial charge in [-0.15, -0.1) is 0 Å². The third-order valence-electron chi connectivity index (χ3n) is 2.70. The van der Waals surface area contributed by atoms with Gasteiger partial charge in [-0.25, -0.2) is 18.4 Å². The standard InChI is InChI=1S/C13H14ClN3O2S/c1-9(2)20(18,19)11-6-4-3-5-10(11)16-12-7-8-15-13(14)17-12/h3-9H,1-2H3,(H,15,16,17). The Kier molecular flexibility index (Phi) is 4.25. The van der Waals surface area contributed by atoms with Crippen LogP contribution >= 0.6 is 11.6 Å². The van der Waals surface area contributed by atoms with E-state index in [1.54, 1.807) is 44.2 Å². The number of nitrogens with zero attached hydrogens (tertiary/aromatic N) is 2. The molecular weight excluding hydrogens is 298 g/mol. The molecular formula is C13H14ClN3O2S. The van der Waals surface area contributed by atoms with Crippen molar-refractivity contribution in [1.82, 2.24) is 9.97 Å². The van der Waals surface area contributed by atoms with Crippen LogP contribution in [0.25, 0.3) is 0 Å². The zero-order valence-electron chi connectivity index (χ0n) is 11.0. The highest BCUT2D eigenvalue weighted by Gasteiger charge is 2.22. The molecule has 2 aromatic rings. The first-order valence-electron chi connectivity index (χ1n) is 6.00. The Hall–Kier alpha value is -1.66. The summed E-state index contributed by atoms with van der Waals surface area (Å²) in [5.74, 6) is 0.441. The third-order valence-corrected chi connectivity index (χ3v) is 5.10. The van der Waals surface area contributed by atoms with E-state index in [2.05, 4.69) is 15.3 Å². The van der Waals surface area contributed by atoms with Crippen LogP contribution in [0, 0.1) is 0 Å². The molecule has 0 spiro atoms. The SMILES string of the molecule is CC(C)S(=O)(=O)c1ccccc1Nc1ccnc(Cl)n1. The van der Waals surface area contributed by atoms with Gasteiger partial charge in [0.1, 0.15) is 5.82 Å². The summed E-state index contributed by atoms with van der Waals surface area (Å²) in [5.41, 5.74) is 0.468. The Morgan fingerprint density at radius 1 is 1.20 bits per heavy atom. The molecule has 0 atom stereocenters. The van der Waals surface area contributed by atoms with Gasteiger partial charge in [-0.3, -0.25) is 0 Å². The molecule has 5 nitrogen and oxygen atoms in total. The van der Waals surface area contributed by atoms with Gasteiger partial charge in [0.15, 0.2) is 9.84 Å². The molecule has 1 heterocycles. The average molecular weight is 312 g/mol. The summed E-state index contributed by atoms with van der Waals surface area (Å²) in [5, 5.41) is 2.56. The highest BCUT2D eigenvalue weighted by molar-refractivity contribution is 7.92. The van der Waals surface area contributed by atoms with E-state index >= 15 is 0 Å². The molecule has 0 bridgehead atoms. The molecule has 20 heavy (non-hydrogen) atoms. The third kappa shape index (κ3) is 3.08.